The highest BCUT2D eigenvalue weighted by Crippen LogP contribution is 2.24. The van der Waals surface area contributed by atoms with Crippen molar-refractivity contribution in [3.8, 4) is 5.75 Å². The van der Waals surface area contributed by atoms with Gasteiger partial charge in [0, 0.05) is 24.3 Å². The molecule has 0 bridgehead atoms. The van der Waals surface area contributed by atoms with Gasteiger partial charge in [-0.05, 0) is 80.6 Å². The van der Waals surface area contributed by atoms with Crippen LogP contribution >= 0.6 is 0 Å². The summed E-state index contributed by atoms with van der Waals surface area (Å²) < 4.78 is 10.0. The molecule has 4 rings (SSSR count). The van der Waals surface area contributed by atoms with Gasteiger partial charge in [-0.25, -0.2) is 19.5 Å². The van der Waals surface area contributed by atoms with E-state index in [2.05, 4.69) is 15.3 Å². The van der Waals surface area contributed by atoms with Crippen molar-refractivity contribution < 1.29 is 33.8 Å². The number of aliphatic imine (C=N–C) groups is 1. The first kappa shape index (κ1) is 29.8. The number of aromatic hydroxyl groups is 1. The summed E-state index contributed by atoms with van der Waals surface area (Å²) >= 11 is 0. The molecule has 1 aliphatic carbocycles. The maximum atomic E-state index is 13.4. The molecule has 0 unspecified atom stereocenters. The largest absolute Gasteiger partial charge is 0.508 e. The second-order valence-corrected chi connectivity index (χ2v) is 9.91. The number of carbonyl (C=O) groups is 4. The topological polar surface area (TPSA) is 176 Å². The number of amidine groups is 1. The van der Waals surface area contributed by atoms with E-state index in [1.807, 2.05) is 6.92 Å². The molecule has 0 saturated heterocycles. The van der Waals surface area contributed by atoms with Gasteiger partial charge in [-0.1, -0.05) is 13.0 Å². The molecule has 1 heterocycles. The van der Waals surface area contributed by atoms with Crippen molar-refractivity contribution in [2.45, 2.75) is 46.1 Å². The Kier molecular flexibility index (Phi) is 9.25. The first-order valence-corrected chi connectivity index (χ1v) is 13.5. The van der Waals surface area contributed by atoms with Crippen molar-refractivity contribution in [1.29, 1.82) is 0 Å². The molecule has 12 heteroatoms. The van der Waals surface area contributed by atoms with Crippen molar-refractivity contribution in [3.05, 3.63) is 82.2 Å². The van der Waals surface area contributed by atoms with Crippen LogP contribution in [-0.4, -0.2) is 64.1 Å². The van der Waals surface area contributed by atoms with Gasteiger partial charge >= 0.3 is 12.1 Å². The summed E-state index contributed by atoms with van der Waals surface area (Å²) in [6, 6.07) is 10.8. The van der Waals surface area contributed by atoms with Gasteiger partial charge in [0.15, 0.2) is 0 Å². The maximum Gasteiger partial charge on any atom is 0.419 e. The van der Waals surface area contributed by atoms with Gasteiger partial charge in [-0.2, -0.15) is 0 Å². The first-order chi connectivity index (χ1) is 20.1. The highest BCUT2D eigenvalue weighted by atomic mass is 16.7. The van der Waals surface area contributed by atoms with Gasteiger partial charge in [-0.15, -0.1) is 0 Å². The zero-order valence-corrected chi connectivity index (χ0v) is 23.6. The maximum absolute atomic E-state index is 13.4. The Morgan fingerprint density at radius 3 is 2.43 bits per heavy atom. The fourth-order valence-corrected chi connectivity index (χ4v) is 4.07. The van der Waals surface area contributed by atoms with Gasteiger partial charge in [-0.3, -0.25) is 9.59 Å². The van der Waals surface area contributed by atoms with E-state index >= 15 is 0 Å². The average molecular weight is 576 g/mol. The lowest BCUT2D eigenvalue weighted by Gasteiger charge is -2.19. The van der Waals surface area contributed by atoms with Crippen LogP contribution in [0.1, 0.15) is 74.1 Å². The average Bonchev–Trinajstić information content (AvgIpc) is 3.70. The molecular formula is C30H33N5O7. The van der Waals surface area contributed by atoms with E-state index in [0.29, 0.717) is 28.9 Å². The minimum Gasteiger partial charge on any atom is -0.508 e. The molecule has 12 nitrogen and oxygen atoms in total. The molecule has 1 aliphatic rings. The number of aromatic amines is 1. The molecule has 2 aromatic carbocycles. The third kappa shape index (κ3) is 7.14. The molecule has 0 atom stereocenters. The number of nitrogens with one attached hydrogen (secondary N) is 2. The van der Waals surface area contributed by atoms with Crippen LogP contribution in [0.5, 0.6) is 5.75 Å². The van der Waals surface area contributed by atoms with Crippen LogP contribution in [-0.2, 0) is 9.47 Å². The minimum absolute atomic E-state index is 0.0135. The van der Waals surface area contributed by atoms with Crippen LogP contribution in [0.3, 0.4) is 0 Å². The van der Waals surface area contributed by atoms with E-state index in [-0.39, 0.29) is 41.2 Å². The molecular weight excluding hydrogens is 542 g/mol. The third-order valence-corrected chi connectivity index (χ3v) is 6.64. The summed E-state index contributed by atoms with van der Waals surface area (Å²) in [4.78, 5) is 59.1. The second kappa shape index (κ2) is 13.0. The number of aryl methyl sites for hydroxylation is 1. The Balaban J connectivity index is 1.45. The summed E-state index contributed by atoms with van der Waals surface area (Å²) in [5, 5.41) is 12.3. The molecule has 42 heavy (non-hydrogen) atoms. The second-order valence-electron chi connectivity index (χ2n) is 9.91. The fraction of sp³-hybridized carbons (Fsp3) is 0.300. The van der Waals surface area contributed by atoms with E-state index < -0.39 is 24.8 Å². The van der Waals surface area contributed by atoms with Gasteiger partial charge in [0.2, 0.25) is 6.79 Å². The molecule has 0 radical (unpaired) electrons. The third-order valence-electron chi connectivity index (χ3n) is 6.64. The summed E-state index contributed by atoms with van der Waals surface area (Å²) in [6.45, 7) is 4.66. The van der Waals surface area contributed by atoms with Gasteiger partial charge in [0.25, 0.3) is 11.8 Å². The lowest BCUT2D eigenvalue weighted by molar-refractivity contribution is -0.0105. The van der Waals surface area contributed by atoms with Gasteiger partial charge in [0.05, 0.1) is 22.5 Å². The van der Waals surface area contributed by atoms with Crippen molar-refractivity contribution >= 4 is 35.4 Å². The monoisotopic (exact) mass is 575 g/mol. The van der Waals surface area contributed by atoms with Crippen molar-refractivity contribution in [2.24, 2.45) is 10.7 Å². The molecule has 3 amide bonds. The van der Waals surface area contributed by atoms with E-state index in [9.17, 15) is 24.3 Å². The Morgan fingerprint density at radius 1 is 1.07 bits per heavy atom. The van der Waals surface area contributed by atoms with Gasteiger partial charge < -0.3 is 30.6 Å². The number of esters is 1. The highest BCUT2D eigenvalue weighted by Gasteiger charge is 2.28. The number of phenolic OH excluding ortho intramolecular Hbond substituents is 1. The number of carbonyl (C=O) groups excluding carboxylic acids is 4. The first-order valence-electron chi connectivity index (χ1n) is 13.5. The van der Waals surface area contributed by atoms with Crippen LogP contribution in [0.15, 0.2) is 53.7 Å². The summed E-state index contributed by atoms with van der Waals surface area (Å²) in [7, 11) is 0. The smallest absolute Gasteiger partial charge is 0.419 e. The number of phenols is 1. The standard InChI is InChI=1S/C30H33N5O7/c1-4-13-35(30(40)42-16-41-29(39)19-7-11-22(36)12-8-19)28(38)23-15-32-25(18(23)3)26(31)34-24-14-20(6-5-17(24)2)27(37)33-21-9-10-21/h5-8,11-12,14-15,21,32,36H,4,9-10,13,16H2,1-3H3,(H2,31,34)(H,33,37). The van der Waals surface area contributed by atoms with Crippen LogP contribution in [0.2, 0.25) is 0 Å². The molecule has 0 spiro atoms. The SMILES string of the molecule is CCCN(C(=O)OCOC(=O)c1ccc(O)cc1)C(=O)c1c[nH]c(C(N)=Nc2cc(C(=O)NC3CC3)ccc2C)c1C. The number of amides is 3. The number of nitrogens with two attached hydrogens (primary N) is 1. The minimum atomic E-state index is -0.985. The Morgan fingerprint density at radius 2 is 1.76 bits per heavy atom. The molecule has 220 valence electrons. The molecule has 1 aromatic heterocycles. The summed E-state index contributed by atoms with van der Waals surface area (Å²) in [5.74, 6) is -1.48. The number of imide groups is 1. The number of ether oxygens (including phenoxy) is 2. The molecule has 0 aliphatic heterocycles. The van der Waals surface area contributed by atoms with Crippen LogP contribution in [0.25, 0.3) is 0 Å². The van der Waals surface area contributed by atoms with Crippen molar-refractivity contribution in [3.63, 3.8) is 0 Å². The zero-order valence-electron chi connectivity index (χ0n) is 23.6. The summed E-state index contributed by atoms with van der Waals surface area (Å²) in [5.41, 5.74) is 9.30. The van der Waals surface area contributed by atoms with Crippen LogP contribution in [0.4, 0.5) is 10.5 Å². The van der Waals surface area contributed by atoms with E-state index in [4.69, 9.17) is 15.2 Å². The van der Waals surface area contributed by atoms with Crippen molar-refractivity contribution in [2.75, 3.05) is 13.3 Å². The quantitative estimate of drug-likeness (QED) is 0.121. The number of aromatic nitrogens is 1. The Labute approximate surface area is 242 Å². The van der Waals surface area contributed by atoms with E-state index in [1.54, 1.807) is 32.0 Å². The number of hydrogen-bond acceptors (Lipinski definition) is 8. The molecule has 1 saturated carbocycles. The number of nitrogens with zero attached hydrogens (tertiary/aromatic N) is 2. The van der Waals surface area contributed by atoms with Crippen LogP contribution < -0.4 is 11.1 Å². The van der Waals surface area contributed by atoms with E-state index in [0.717, 1.165) is 23.3 Å². The van der Waals surface area contributed by atoms with Gasteiger partial charge in [0.1, 0.15) is 11.6 Å². The molecule has 1 fully saturated rings. The number of benzene rings is 2. The number of rotatable bonds is 10. The normalized spacial score (nSPS) is 12.9. The molecule has 3 aromatic rings. The molecule has 5 N–H and O–H groups in total. The lowest BCUT2D eigenvalue weighted by atomic mass is 10.1. The predicted molar refractivity (Wildman–Crippen MR) is 154 cm³/mol. The fourth-order valence-electron chi connectivity index (χ4n) is 4.07. The number of H-pyrrole nitrogens is 1. The highest BCUT2D eigenvalue weighted by molar-refractivity contribution is 6.07. The zero-order chi connectivity index (χ0) is 30.4. The van der Waals surface area contributed by atoms with Crippen molar-refractivity contribution in [1.82, 2.24) is 15.2 Å². The Bertz CT molecular complexity index is 1520. The number of hydrogen-bond donors (Lipinski definition) is 4. The predicted octanol–water partition coefficient (Wildman–Crippen LogP) is 4.07. The Hall–Kier alpha value is -5.13. The summed E-state index contributed by atoms with van der Waals surface area (Å²) in [6.07, 6.45) is 2.86. The van der Waals surface area contributed by atoms with E-state index in [1.165, 1.54) is 30.5 Å². The lowest BCUT2D eigenvalue weighted by Crippen LogP contribution is -2.38. The van der Waals surface area contributed by atoms with Crippen LogP contribution in [0, 0.1) is 13.8 Å².